The summed E-state index contributed by atoms with van der Waals surface area (Å²) in [5.41, 5.74) is -1.32. The van der Waals surface area contributed by atoms with Crippen molar-refractivity contribution in [3.63, 3.8) is 0 Å². The Morgan fingerprint density at radius 3 is 2.24 bits per heavy atom. The molecule has 0 spiro atoms. The van der Waals surface area contributed by atoms with Gasteiger partial charge >= 0.3 is 5.97 Å². The summed E-state index contributed by atoms with van der Waals surface area (Å²) in [6.07, 6.45) is 5.08. The van der Waals surface area contributed by atoms with Crippen molar-refractivity contribution in [2.75, 3.05) is 20.4 Å². The maximum atomic E-state index is 14.1. The average Bonchev–Trinajstić information content (AvgIpc) is 2.70. The van der Waals surface area contributed by atoms with Crippen molar-refractivity contribution in [2.45, 2.75) is 70.3 Å². The second-order valence-electron chi connectivity index (χ2n) is 8.47. The molecule has 1 aliphatic rings. The third kappa shape index (κ3) is 5.68. The highest BCUT2D eigenvalue weighted by Crippen LogP contribution is 2.36. The predicted octanol–water partition coefficient (Wildman–Crippen LogP) is 4.06. The maximum Gasteiger partial charge on any atom is 0.352 e. The average molecular weight is 422 g/mol. The van der Waals surface area contributed by atoms with Crippen molar-refractivity contribution in [1.82, 2.24) is 4.90 Å². The molecule has 1 saturated carbocycles. The van der Waals surface area contributed by atoms with Crippen molar-refractivity contribution < 1.29 is 23.5 Å². The molecule has 162 valence electrons. The van der Waals surface area contributed by atoms with E-state index in [1.165, 1.54) is 6.42 Å². The lowest BCUT2D eigenvalue weighted by atomic mass is 9.89. The van der Waals surface area contributed by atoms with Crippen molar-refractivity contribution in [3.8, 4) is 0 Å². The van der Waals surface area contributed by atoms with Crippen LogP contribution in [-0.4, -0.2) is 51.6 Å². The minimum atomic E-state index is -2.34. The van der Waals surface area contributed by atoms with E-state index >= 15 is 0 Å². The van der Waals surface area contributed by atoms with Crippen LogP contribution >= 0.6 is 0 Å². The number of esters is 1. The predicted molar refractivity (Wildman–Crippen MR) is 115 cm³/mol. The van der Waals surface area contributed by atoms with E-state index in [0.29, 0.717) is 5.56 Å². The number of rotatable bonds is 9. The molecule has 29 heavy (non-hydrogen) atoms. The molecule has 1 aromatic rings. The standard InChI is InChI=1S/C22H35NO5Si/c1-6-27-21(25)22(28-29(3,4)5,18-13-9-7-10-14-18)20(24)23(17-26-2)19-15-11-8-12-16-19/h7,9-10,13-14,19H,6,8,11-12,15-17H2,1-5H3. The zero-order valence-corrected chi connectivity index (χ0v) is 19.4. The minimum Gasteiger partial charge on any atom is -0.463 e. The highest BCUT2D eigenvalue weighted by atomic mass is 28.4. The molecule has 0 saturated heterocycles. The lowest BCUT2D eigenvalue weighted by molar-refractivity contribution is -0.179. The van der Waals surface area contributed by atoms with Crippen LogP contribution in [0.2, 0.25) is 19.6 Å². The molecular weight excluding hydrogens is 386 g/mol. The van der Waals surface area contributed by atoms with Gasteiger partial charge < -0.3 is 18.8 Å². The summed E-state index contributed by atoms with van der Waals surface area (Å²) in [7, 11) is -0.771. The molecule has 0 radical (unpaired) electrons. The quantitative estimate of drug-likeness (QED) is 0.260. The van der Waals surface area contributed by atoms with Gasteiger partial charge in [0.25, 0.3) is 11.5 Å². The fraction of sp³-hybridized carbons (Fsp3) is 0.636. The van der Waals surface area contributed by atoms with E-state index in [9.17, 15) is 9.59 Å². The van der Waals surface area contributed by atoms with Crippen LogP contribution in [-0.2, 0) is 29.1 Å². The van der Waals surface area contributed by atoms with Crippen LogP contribution in [0.1, 0.15) is 44.6 Å². The van der Waals surface area contributed by atoms with Crippen molar-refractivity contribution in [3.05, 3.63) is 35.9 Å². The Bertz CT molecular complexity index is 670. The Morgan fingerprint density at radius 1 is 1.10 bits per heavy atom. The van der Waals surface area contributed by atoms with Gasteiger partial charge in [-0.05, 0) is 39.4 Å². The number of nitrogens with zero attached hydrogens (tertiary/aromatic N) is 1. The molecule has 0 N–H and O–H groups in total. The number of ether oxygens (including phenoxy) is 2. The molecular formula is C22H35NO5Si. The number of carbonyl (C=O) groups is 2. The van der Waals surface area contributed by atoms with Gasteiger partial charge in [0.1, 0.15) is 6.73 Å². The molecule has 1 aliphatic carbocycles. The van der Waals surface area contributed by atoms with E-state index in [1.807, 2.05) is 37.8 Å². The van der Waals surface area contributed by atoms with Gasteiger partial charge in [0.15, 0.2) is 8.32 Å². The molecule has 1 unspecified atom stereocenters. The van der Waals surface area contributed by atoms with Crippen LogP contribution in [0.5, 0.6) is 0 Å². The van der Waals surface area contributed by atoms with E-state index in [0.717, 1.165) is 25.7 Å². The van der Waals surface area contributed by atoms with Crippen molar-refractivity contribution in [1.29, 1.82) is 0 Å². The van der Waals surface area contributed by atoms with Gasteiger partial charge in [-0.2, -0.15) is 0 Å². The molecule has 6 nitrogen and oxygen atoms in total. The Hall–Kier alpha value is -1.70. The second-order valence-corrected chi connectivity index (χ2v) is 12.9. The second kappa shape index (κ2) is 10.4. The smallest absolute Gasteiger partial charge is 0.352 e. The Labute approximate surface area is 175 Å². The van der Waals surface area contributed by atoms with E-state index in [4.69, 9.17) is 13.9 Å². The fourth-order valence-electron chi connectivity index (χ4n) is 3.90. The van der Waals surface area contributed by atoms with Crippen LogP contribution < -0.4 is 0 Å². The number of hydrogen-bond acceptors (Lipinski definition) is 5. The normalized spacial score (nSPS) is 17.4. The summed E-state index contributed by atoms with van der Waals surface area (Å²) < 4.78 is 17.2. The maximum absolute atomic E-state index is 14.1. The zero-order chi connectivity index (χ0) is 21.5. The van der Waals surface area contributed by atoms with Gasteiger partial charge in [-0.1, -0.05) is 49.6 Å². The largest absolute Gasteiger partial charge is 0.463 e. The molecule has 0 bridgehead atoms. The summed E-state index contributed by atoms with van der Waals surface area (Å²) in [5.74, 6) is -1.05. The minimum absolute atomic E-state index is 0.0268. The molecule has 0 aliphatic heterocycles. The lowest BCUT2D eigenvalue weighted by Crippen LogP contribution is -2.60. The summed E-state index contributed by atoms with van der Waals surface area (Å²) in [5, 5.41) is 0. The molecule has 1 atom stereocenters. The molecule has 1 amide bonds. The Morgan fingerprint density at radius 2 is 1.72 bits per heavy atom. The number of hydrogen-bond donors (Lipinski definition) is 0. The molecule has 7 heteroatoms. The third-order valence-corrected chi connectivity index (χ3v) is 5.97. The molecule has 0 aromatic heterocycles. The van der Waals surface area contributed by atoms with E-state index in [1.54, 1.807) is 31.1 Å². The van der Waals surface area contributed by atoms with Crippen LogP contribution in [0.25, 0.3) is 0 Å². The van der Waals surface area contributed by atoms with Crippen LogP contribution in [0.15, 0.2) is 30.3 Å². The number of amides is 1. The number of carbonyl (C=O) groups excluding carboxylic acids is 2. The fourth-order valence-corrected chi connectivity index (χ4v) is 5.11. The molecule has 0 heterocycles. The molecule has 1 fully saturated rings. The van der Waals surface area contributed by atoms with Gasteiger partial charge in [0, 0.05) is 18.7 Å². The zero-order valence-electron chi connectivity index (χ0n) is 18.4. The summed E-state index contributed by atoms with van der Waals surface area (Å²) in [6, 6.07) is 9.03. The highest BCUT2D eigenvalue weighted by Gasteiger charge is 2.55. The van der Waals surface area contributed by atoms with Gasteiger partial charge in [-0.3, -0.25) is 4.79 Å². The van der Waals surface area contributed by atoms with E-state index < -0.39 is 25.8 Å². The Kier molecular flexibility index (Phi) is 8.42. The number of methoxy groups -OCH3 is 1. The first-order chi connectivity index (χ1) is 13.8. The number of benzene rings is 1. The molecule has 1 aromatic carbocycles. The van der Waals surface area contributed by atoms with E-state index in [2.05, 4.69) is 0 Å². The van der Waals surface area contributed by atoms with Gasteiger partial charge in [-0.15, -0.1) is 0 Å². The first kappa shape index (κ1) is 23.6. The third-order valence-electron chi connectivity index (χ3n) is 5.05. The first-order valence-corrected chi connectivity index (χ1v) is 13.9. The SMILES string of the molecule is CCOC(=O)C(O[Si](C)(C)C)(C(=O)N(COC)C1CCCCC1)c1ccccc1. The van der Waals surface area contributed by atoms with Crippen molar-refractivity contribution >= 4 is 20.2 Å². The van der Waals surface area contributed by atoms with Crippen LogP contribution in [0.4, 0.5) is 0 Å². The highest BCUT2D eigenvalue weighted by molar-refractivity contribution is 6.70. The summed E-state index contributed by atoms with van der Waals surface area (Å²) in [6.45, 7) is 7.94. The monoisotopic (exact) mass is 421 g/mol. The molecule has 2 rings (SSSR count). The van der Waals surface area contributed by atoms with Crippen molar-refractivity contribution in [2.24, 2.45) is 0 Å². The summed E-state index contributed by atoms with van der Waals surface area (Å²) >= 11 is 0. The van der Waals surface area contributed by atoms with Gasteiger partial charge in [-0.25, -0.2) is 4.79 Å². The van der Waals surface area contributed by atoms with Gasteiger partial charge in [0.2, 0.25) is 0 Å². The van der Waals surface area contributed by atoms with Gasteiger partial charge in [0.05, 0.1) is 6.61 Å². The summed E-state index contributed by atoms with van der Waals surface area (Å²) in [4.78, 5) is 29.1. The first-order valence-electron chi connectivity index (χ1n) is 10.5. The van der Waals surface area contributed by atoms with Crippen LogP contribution in [0.3, 0.4) is 0 Å². The van der Waals surface area contributed by atoms with E-state index in [-0.39, 0.29) is 19.4 Å². The van der Waals surface area contributed by atoms with Crippen LogP contribution in [0, 0.1) is 0 Å². The lowest BCUT2D eigenvalue weighted by Gasteiger charge is -2.42. The topological polar surface area (TPSA) is 65.1 Å². The Balaban J connectivity index is 2.61.